The molecule has 0 spiro atoms. The first-order valence-corrected chi connectivity index (χ1v) is 15.0. The highest BCUT2D eigenvalue weighted by Crippen LogP contribution is 2.14. The van der Waals surface area contributed by atoms with E-state index in [1.54, 1.807) is 39.8 Å². The standard InChI is InChI=1S/C32H49N3O8/c1-8-10-16-24(19-36)28(38)22(4)33-29(39)25(17-18-26(37)43-32(5,6)7)34-30(40)27(21(3)9-2)35-31(41)42-20-23-14-12-11-13-15-23/h11-15,19,21-22,24-25,27H,8-10,16-18,20H2,1-7H3,(H,33,39)(H,34,40)(H,35,41)/t21-,22-,24-,25-,27-/m0/s1. The van der Waals surface area contributed by atoms with Crippen LogP contribution in [0.5, 0.6) is 0 Å². The van der Waals surface area contributed by atoms with Gasteiger partial charge < -0.3 is 30.2 Å². The Balaban J connectivity index is 3.06. The summed E-state index contributed by atoms with van der Waals surface area (Å²) >= 11 is 0. The molecule has 0 aromatic heterocycles. The summed E-state index contributed by atoms with van der Waals surface area (Å²) in [6.45, 7) is 12.2. The Labute approximate surface area is 255 Å². The molecule has 1 aromatic carbocycles. The molecule has 5 atom stereocenters. The van der Waals surface area contributed by atoms with E-state index in [0.717, 1.165) is 12.0 Å². The monoisotopic (exact) mass is 603 g/mol. The van der Waals surface area contributed by atoms with Crippen LogP contribution in [-0.2, 0) is 40.1 Å². The molecule has 240 valence electrons. The highest BCUT2D eigenvalue weighted by atomic mass is 16.6. The summed E-state index contributed by atoms with van der Waals surface area (Å²) < 4.78 is 10.6. The number of hydrogen-bond acceptors (Lipinski definition) is 8. The van der Waals surface area contributed by atoms with Gasteiger partial charge in [0.15, 0.2) is 5.78 Å². The third-order valence-electron chi connectivity index (χ3n) is 6.86. The Kier molecular flexibility index (Phi) is 16.2. The molecular formula is C32H49N3O8. The fourth-order valence-electron chi connectivity index (χ4n) is 4.19. The van der Waals surface area contributed by atoms with E-state index in [-0.39, 0.29) is 25.4 Å². The molecule has 3 N–H and O–H groups in total. The fourth-order valence-corrected chi connectivity index (χ4v) is 4.19. The number of unbranched alkanes of at least 4 members (excludes halogenated alkanes) is 1. The number of Topliss-reactive ketones (excluding diaryl/α,β-unsaturated/α-hetero) is 1. The van der Waals surface area contributed by atoms with Crippen molar-refractivity contribution in [1.82, 2.24) is 16.0 Å². The Hall–Kier alpha value is -3.76. The lowest BCUT2D eigenvalue weighted by molar-refractivity contribution is -0.155. The van der Waals surface area contributed by atoms with Gasteiger partial charge in [0.25, 0.3) is 0 Å². The van der Waals surface area contributed by atoms with Crippen LogP contribution in [0.15, 0.2) is 30.3 Å². The molecule has 0 aliphatic rings. The Morgan fingerprint density at radius 1 is 0.907 bits per heavy atom. The van der Waals surface area contributed by atoms with Crippen molar-refractivity contribution in [3.63, 3.8) is 0 Å². The number of alkyl carbamates (subject to hydrolysis) is 1. The number of carbonyl (C=O) groups is 6. The number of carbonyl (C=O) groups excluding carboxylic acids is 6. The number of hydrogen-bond donors (Lipinski definition) is 3. The van der Waals surface area contributed by atoms with Gasteiger partial charge in [0, 0.05) is 6.42 Å². The van der Waals surface area contributed by atoms with Crippen LogP contribution in [0.2, 0.25) is 0 Å². The van der Waals surface area contributed by atoms with Gasteiger partial charge in [0.2, 0.25) is 11.8 Å². The number of amides is 3. The maximum absolute atomic E-state index is 13.4. The zero-order valence-corrected chi connectivity index (χ0v) is 26.6. The van der Waals surface area contributed by atoms with Crippen LogP contribution in [0.4, 0.5) is 4.79 Å². The highest BCUT2D eigenvalue weighted by molar-refractivity contribution is 5.99. The van der Waals surface area contributed by atoms with Crippen molar-refractivity contribution < 1.29 is 38.2 Å². The average Bonchev–Trinajstić information content (AvgIpc) is 2.96. The first kappa shape index (κ1) is 37.3. The number of nitrogens with one attached hydrogen (secondary N) is 3. The number of rotatable bonds is 18. The predicted molar refractivity (Wildman–Crippen MR) is 162 cm³/mol. The molecule has 1 aromatic rings. The third-order valence-corrected chi connectivity index (χ3v) is 6.86. The molecule has 11 heteroatoms. The number of ketones is 1. The summed E-state index contributed by atoms with van der Waals surface area (Å²) in [5.74, 6) is -3.53. The minimum absolute atomic E-state index is 0.00833. The first-order valence-electron chi connectivity index (χ1n) is 15.0. The zero-order valence-electron chi connectivity index (χ0n) is 26.6. The molecule has 0 unspecified atom stereocenters. The maximum Gasteiger partial charge on any atom is 0.408 e. The van der Waals surface area contributed by atoms with Gasteiger partial charge in [-0.3, -0.25) is 19.2 Å². The minimum atomic E-state index is -1.23. The van der Waals surface area contributed by atoms with Crippen molar-refractivity contribution in [2.24, 2.45) is 11.8 Å². The summed E-state index contributed by atoms with van der Waals surface area (Å²) in [7, 11) is 0. The number of ether oxygens (including phenoxy) is 2. The number of esters is 1. The summed E-state index contributed by atoms with van der Waals surface area (Å²) in [5, 5.41) is 7.81. The quantitative estimate of drug-likeness (QED) is 0.129. The van der Waals surface area contributed by atoms with Crippen LogP contribution < -0.4 is 16.0 Å². The van der Waals surface area contributed by atoms with Gasteiger partial charge in [0.1, 0.15) is 30.6 Å². The predicted octanol–water partition coefficient (Wildman–Crippen LogP) is 4.01. The van der Waals surface area contributed by atoms with Gasteiger partial charge in [-0.2, -0.15) is 0 Å². The second-order valence-corrected chi connectivity index (χ2v) is 11.8. The van der Waals surface area contributed by atoms with E-state index in [2.05, 4.69) is 16.0 Å². The van der Waals surface area contributed by atoms with Crippen molar-refractivity contribution in [1.29, 1.82) is 0 Å². The van der Waals surface area contributed by atoms with Crippen LogP contribution in [0.1, 0.15) is 92.6 Å². The summed E-state index contributed by atoms with van der Waals surface area (Å²) in [4.78, 5) is 76.1. The molecule has 0 aliphatic carbocycles. The van der Waals surface area contributed by atoms with Crippen LogP contribution in [0.25, 0.3) is 0 Å². The van der Waals surface area contributed by atoms with Crippen molar-refractivity contribution in [3.8, 4) is 0 Å². The normalized spacial score (nSPS) is 14.7. The molecule has 43 heavy (non-hydrogen) atoms. The van der Waals surface area contributed by atoms with E-state index in [1.807, 2.05) is 32.0 Å². The molecule has 0 radical (unpaired) electrons. The minimum Gasteiger partial charge on any atom is -0.460 e. The van der Waals surface area contributed by atoms with Gasteiger partial charge in [0.05, 0.1) is 12.0 Å². The lowest BCUT2D eigenvalue weighted by atomic mass is 9.94. The van der Waals surface area contributed by atoms with E-state index in [9.17, 15) is 28.8 Å². The molecular weight excluding hydrogens is 554 g/mol. The van der Waals surface area contributed by atoms with Gasteiger partial charge in [-0.25, -0.2) is 4.79 Å². The molecule has 0 bridgehead atoms. The van der Waals surface area contributed by atoms with Crippen molar-refractivity contribution >= 4 is 35.9 Å². The Morgan fingerprint density at radius 3 is 2.12 bits per heavy atom. The molecule has 3 amide bonds. The smallest absolute Gasteiger partial charge is 0.408 e. The molecule has 0 heterocycles. The van der Waals surface area contributed by atoms with Crippen molar-refractivity contribution in [3.05, 3.63) is 35.9 Å². The molecule has 11 nitrogen and oxygen atoms in total. The van der Waals surface area contributed by atoms with E-state index >= 15 is 0 Å². The molecule has 0 saturated carbocycles. The summed E-state index contributed by atoms with van der Waals surface area (Å²) in [6, 6.07) is 5.79. The van der Waals surface area contributed by atoms with Gasteiger partial charge in [-0.1, -0.05) is 70.4 Å². The molecule has 0 saturated heterocycles. The fraction of sp³-hybridized carbons (Fsp3) is 0.625. The zero-order chi connectivity index (χ0) is 32.6. The molecule has 0 fully saturated rings. The first-order chi connectivity index (χ1) is 20.2. The maximum atomic E-state index is 13.4. The van der Waals surface area contributed by atoms with E-state index in [0.29, 0.717) is 25.5 Å². The number of aldehydes is 1. The summed E-state index contributed by atoms with van der Waals surface area (Å²) in [6.07, 6.45) is 1.87. The third kappa shape index (κ3) is 14.3. The van der Waals surface area contributed by atoms with E-state index < -0.39 is 59.3 Å². The van der Waals surface area contributed by atoms with E-state index in [1.165, 1.54) is 6.92 Å². The van der Waals surface area contributed by atoms with Gasteiger partial charge >= 0.3 is 12.1 Å². The molecule has 1 rings (SSSR count). The molecule has 0 aliphatic heterocycles. The van der Waals surface area contributed by atoms with Crippen LogP contribution >= 0.6 is 0 Å². The topological polar surface area (TPSA) is 157 Å². The second kappa shape index (κ2) is 18.7. The van der Waals surface area contributed by atoms with Crippen LogP contribution in [0, 0.1) is 11.8 Å². The highest BCUT2D eigenvalue weighted by Gasteiger charge is 2.33. The largest absolute Gasteiger partial charge is 0.460 e. The summed E-state index contributed by atoms with van der Waals surface area (Å²) in [5.41, 5.74) is 0.0313. The van der Waals surface area contributed by atoms with Gasteiger partial charge in [-0.05, 0) is 52.0 Å². The van der Waals surface area contributed by atoms with Crippen LogP contribution in [0.3, 0.4) is 0 Å². The SMILES string of the molecule is CCCC[C@@H](C=O)C(=O)[C@H](C)NC(=O)[C@H](CCC(=O)OC(C)(C)C)NC(=O)[C@@H](NC(=O)OCc1ccccc1)[C@@H](C)CC. The van der Waals surface area contributed by atoms with Gasteiger partial charge in [-0.15, -0.1) is 0 Å². The lowest BCUT2D eigenvalue weighted by Crippen LogP contribution is -2.57. The van der Waals surface area contributed by atoms with Crippen molar-refractivity contribution in [2.45, 2.75) is 117 Å². The average molecular weight is 604 g/mol. The van der Waals surface area contributed by atoms with Crippen molar-refractivity contribution in [2.75, 3.05) is 0 Å². The Morgan fingerprint density at radius 2 is 1.56 bits per heavy atom. The van der Waals surface area contributed by atoms with Crippen LogP contribution in [-0.4, -0.2) is 59.7 Å². The number of benzene rings is 1. The van der Waals surface area contributed by atoms with E-state index in [4.69, 9.17) is 9.47 Å². The Bertz CT molecular complexity index is 1070. The lowest BCUT2D eigenvalue weighted by Gasteiger charge is -2.27. The second-order valence-electron chi connectivity index (χ2n) is 11.8.